The third-order valence-corrected chi connectivity index (χ3v) is 3.68. The second-order valence-corrected chi connectivity index (χ2v) is 5.71. The third-order valence-electron chi connectivity index (χ3n) is 3.68. The van der Waals surface area contributed by atoms with Gasteiger partial charge in [0.2, 0.25) is 0 Å². The van der Waals surface area contributed by atoms with Gasteiger partial charge in [0, 0.05) is 45.4 Å². The molecular formula is C14H30N2O3. The molecule has 0 aliphatic heterocycles. The number of ether oxygens (including phenoxy) is 2. The van der Waals surface area contributed by atoms with Crippen molar-refractivity contribution in [1.29, 1.82) is 0 Å². The molecule has 114 valence electrons. The lowest BCUT2D eigenvalue weighted by Crippen LogP contribution is -2.49. The molecular weight excluding hydrogens is 244 g/mol. The summed E-state index contributed by atoms with van der Waals surface area (Å²) in [5, 5.41) is 13.1. The minimum atomic E-state index is -0.167. The van der Waals surface area contributed by atoms with Crippen LogP contribution < -0.4 is 5.32 Å². The van der Waals surface area contributed by atoms with E-state index in [1.165, 1.54) is 12.8 Å². The number of nitrogens with one attached hydrogen (secondary N) is 1. The maximum absolute atomic E-state index is 9.60. The molecule has 0 heterocycles. The van der Waals surface area contributed by atoms with Crippen molar-refractivity contribution in [3.63, 3.8) is 0 Å². The van der Waals surface area contributed by atoms with E-state index in [0.29, 0.717) is 6.04 Å². The van der Waals surface area contributed by atoms with E-state index < -0.39 is 0 Å². The van der Waals surface area contributed by atoms with Crippen molar-refractivity contribution >= 4 is 0 Å². The predicted octanol–water partition coefficient (Wildman–Crippen LogP) is 0.474. The van der Waals surface area contributed by atoms with Crippen LogP contribution in [0.4, 0.5) is 0 Å². The summed E-state index contributed by atoms with van der Waals surface area (Å²) in [5.41, 5.74) is -0.167. The van der Waals surface area contributed by atoms with Crippen molar-refractivity contribution < 1.29 is 14.6 Å². The molecule has 1 aliphatic carbocycles. The molecule has 0 amide bonds. The van der Waals surface area contributed by atoms with Gasteiger partial charge in [0.15, 0.2) is 0 Å². The standard InChI is InChI=1S/C14H30N2O3/c1-14(12-17,15-13-4-5-13)6-7-16(8-10-18-2)9-11-19-3/h13,15,17H,4-12H2,1-3H3. The summed E-state index contributed by atoms with van der Waals surface area (Å²) < 4.78 is 10.3. The minimum Gasteiger partial charge on any atom is -0.394 e. The Morgan fingerprint density at radius 1 is 1.16 bits per heavy atom. The van der Waals surface area contributed by atoms with Crippen LogP contribution in [0.5, 0.6) is 0 Å². The zero-order chi connectivity index (χ0) is 14.1. The fourth-order valence-corrected chi connectivity index (χ4v) is 2.10. The summed E-state index contributed by atoms with van der Waals surface area (Å²) in [6.45, 7) is 6.52. The Kier molecular flexibility index (Phi) is 7.87. The molecule has 0 spiro atoms. The highest BCUT2D eigenvalue weighted by molar-refractivity contribution is 4.92. The van der Waals surface area contributed by atoms with E-state index in [9.17, 15) is 5.11 Å². The number of hydrogen-bond acceptors (Lipinski definition) is 5. The van der Waals surface area contributed by atoms with Gasteiger partial charge in [0.25, 0.3) is 0 Å². The molecule has 5 nitrogen and oxygen atoms in total. The van der Waals surface area contributed by atoms with Gasteiger partial charge >= 0.3 is 0 Å². The highest BCUT2D eigenvalue weighted by Gasteiger charge is 2.32. The first-order valence-electron chi connectivity index (χ1n) is 7.22. The molecule has 1 aliphatic rings. The Hall–Kier alpha value is -0.200. The van der Waals surface area contributed by atoms with Crippen molar-refractivity contribution in [2.24, 2.45) is 0 Å². The zero-order valence-electron chi connectivity index (χ0n) is 12.7. The molecule has 2 N–H and O–H groups in total. The van der Waals surface area contributed by atoms with Gasteiger partial charge in [-0.15, -0.1) is 0 Å². The Morgan fingerprint density at radius 2 is 1.74 bits per heavy atom. The smallest absolute Gasteiger partial charge is 0.0611 e. The number of nitrogens with zero attached hydrogens (tertiary/aromatic N) is 1. The molecule has 0 aromatic heterocycles. The summed E-state index contributed by atoms with van der Waals surface area (Å²) in [5.74, 6) is 0. The average molecular weight is 274 g/mol. The second kappa shape index (κ2) is 8.87. The molecule has 0 aromatic carbocycles. The molecule has 1 unspecified atom stereocenters. The van der Waals surface area contributed by atoms with Crippen molar-refractivity contribution in [3.8, 4) is 0 Å². The summed E-state index contributed by atoms with van der Waals surface area (Å²) in [6.07, 6.45) is 3.42. The van der Waals surface area contributed by atoms with Gasteiger partial charge in [-0.3, -0.25) is 4.90 Å². The fraction of sp³-hybridized carbons (Fsp3) is 1.00. The molecule has 0 radical (unpaired) electrons. The number of rotatable bonds is 12. The summed E-state index contributed by atoms with van der Waals surface area (Å²) >= 11 is 0. The zero-order valence-corrected chi connectivity index (χ0v) is 12.7. The van der Waals surface area contributed by atoms with E-state index in [0.717, 1.165) is 39.3 Å². The summed E-state index contributed by atoms with van der Waals surface area (Å²) in [7, 11) is 3.45. The first-order valence-corrected chi connectivity index (χ1v) is 7.22. The normalized spacial score (nSPS) is 18.8. The van der Waals surface area contributed by atoms with E-state index in [1.807, 2.05) is 0 Å². The van der Waals surface area contributed by atoms with E-state index >= 15 is 0 Å². The van der Waals surface area contributed by atoms with E-state index in [1.54, 1.807) is 14.2 Å². The van der Waals surface area contributed by atoms with Gasteiger partial charge in [-0.05, 0) is 26.2 Å². The van der Waals surface area contributed by atoms with Crippen LogP contribution >= 0.6 is 0 Å². The van der Waals surface area contributed by atoms with Gasteiger partial charge in [-0.25, -0.2) is 0 Å². The lowest BCUT2D eigenvalue weighted by Gasteiger charge is -2.32. The molecule has 0 saturated heterocycles. The average Bonchev–Trinajstić information content (AvgIpc) is 3.21. The molecule has 1 rings (SSSR count). The van der Waals surface area contributed by atoms with Crippen molar-refractivity contribution in [2.45, 2.75) is 37.8 Å². The Labute approximate surface area is 117 Å². The lowest BCUT2D eigenvalue weighted by atomic mass is 9.98. The van der Waals surface area contributed by atoms with Crippen LogP contribution in [-0.4, -0.2) is 75.3 Å². The predicted molar refractivity (Wildman–Crippen MR) is 76.5 cm³/mol. The number of aliphatic hydroxyl groups excluding tert-OH is 1. The van der Waals surface area contributed by atoms with Crippen LogP contribution in [0.1, 0.15) is 26.2 Å². The second-order valence-electron chi connectivity index (χ2n) is 5.71. The SMILES string of the molecule is COCCN(CCOC)CCC(C)(CO)NC1CC1. The van der Waals surface area contributed by atoms with Crippen LogP contribution in [0.15, 0.2) is 0 Å². The monoisotopic (exact) mass is 274 g/mol. The maximum atomic E-state index is 9.60. The topological polar surface area (TPSA) is 54.0 Å². The lowest BCUT2D eigenvalue weighted by molar-refractivity contribution is 0.0968. The number of aliphatic hydroxyl groups is 1. The van der Waals surface area contributed by atoms with Gasteiger partial charge in [0.1, 0.15) is 0 Å². The van der Waals surface area contributed by atoms with Gasteiger partial charge in [-0.2, -0.15) is 0 Å². The molecule has 1 saturated carbocycles. The summed E-state index contributed by atoms with van der Waals surface area (Å²) in [4.78, 5) is 2.33. The van der Waals surface area contributed by atoms with Crippen molar-refractivity contribution in [3.05, 3.63) is 0 Å². The van der Waals surface area contributed by atoms with E-state index in [2.05, 4.69) is 17.1 Å². The number of methoxy groups -OCH3 is 2. The Morgan fingerprint density at radius 3 is 2.16 bits per heavy atom. The quantitative estimate of drug-likeness (QED) is 0.542. The molecule has 5 heteroatoms. The first kappa shape index (κ1) is 16.9. The third kappa shape index (κ3) is 7.22. The van der Waals surface area contributed by atoms with Gasteiger partial charge in [0.05, 0.1) is 19.8 Å². The van der Waals surface area contributed by atoms with Crippen molar-refractivity contribution in [1.82, 2.24) is 10.2 Å². The van der Waals surface area contributed by atoms with E-state index in [-0.39, 0.29) is 12.1 Å². The molecule has 0 bridgehead atoms. The summed E-state index contributed by atoms with van der Waals surface area (Å²) in [6, 6.07) is 0.614. The molecule has 1 atom stereocenters. The maximum Gasteiger partial charge on any atom is 0.0611 e. The number of hydrogen-bond donors (Lipinski definition) is 2. The largest absolute Gasteiger partial charge is 0.394 e. The van der Waals surface area contributed by atoms with Crippen LogP contribution in [0, 0.1) is 0 Å². The minimum absolute atomic E-state index is 0.167. The fourth-order valence-electron chi connectivity index (χ4n) is 2.10. The van der Waals surface area contributed by atoms with Crippen LogP contribution in [0.25, 0.3) is 0 Å². The highest BCUT2D eigenvalue weighted by atomic mass is 16.5. The highest BCUT2D eigenvalue weighted by Crippen LogP contribution is 2.24. The Bertz CT molecular complexity index is 229. The van der Waals surface area contributed by atoms with E-state index in [4.69, 9.17) is 9.47 Å². The first-order chi connectivity index (χ1) is 9.13. The van der Waals surface area contributed by atoms with Crippen LogP contribution in [-0.2, 0) is 9.47 Å². The van der Waals surface area contributed by atoms with Gasteiger partial charge in [-0.1, -0.05) is 0 Å². The van der Waals surface area contributed by atoms with Crippen molar-refractivity contribution in [2.75, 3.05) is 53.7 Å². The van der Waals surface area contributed by atoms with Crippen LogP contribution in [0.3, 0.4) is 0 Å². The Balaban J connectivity index is 2.33. The van der Waals surface area contributed by atoms with Gasteiger partial charge < -0.3 is 19.9 Å². The molecule has 19 heavy (non-hydrogen) atoms. The molecule has 1 fully saturated rings. The molecule has 0 aromatic rings. The van der Waals surface area contributed by atoms with Crippen LogP contribution in [0.2, 0.25) is 0 Å².